The summed E-state index contributed by atoms with van der Waals surface area (Å²) in [7, 11) is -4.36. The van der Waals surface area contributed by atoms with Crippen molar-refractivity contribution in [2.45, 2.75) is 66.7 Å². The predicted octanol–water partition coefficient (Wildman–Crippen LogP) is 1.86. The average molecular weight is 521 g/mol. The Morgan fingerprint density at radius 2 is 1.57 bits per heavy atom. The van der Waals surface area contributed by atoms with E-state index in [-0.39, 0.29) is 6.61 Å². The molecule has 1 N–H and O–H groups in total. The molecule has 14 nitrogen and oxygen atoms in total. The fourth-order valence-electron chi connectivity index (χ4n) is 2.56. The van der Waals surface area contributed by atoms with Gasteiger partial charge in [-0.1, -0.05) is 0 Å². The van der Waals surface area contributed by atoms with Gasteiger partial charge in [-0.25, -0.2) is 18.4 Å². The van der Waals surface area contributed by atoms with Crippen molar-refractivity contribution in [2.24, 2.45) is 10.8 Å². The van der Waals surface area contributed by atoms with Crippen molar-refractivity contribution in [2.75, 3.05) is 20.2 Å². The minimum absolute atomic E-state index is 0.285. The Hall–Kier alpha value is -2.38. The fourth-order valence-corrected chi connectivity index (χ4v) is 3.50. The predicted molar refractivity (Wildman–Crippen MR) is 119 cm³/mol. The van der Waals surface area contributed by atoms with Gasteiger partial charge in [0.25, 0.3) is 5.56 Å². The van der Waals surface area contributed by atoms with E-state index >= 15 is 0 Å². The Balaban J connectivity index is 1.98. The summed E-state index contributed by atoms with van der Waals surface area (Å²) >= 11 is 0. The van der Waals surface area contributed by atoms with Gasteiger partial charge in [-0.2, -0.15) is 9.78 Å². The summed E-state index contributed by atoms with van der Waals surface area (Å²) in [5.74, 6) is -1.21. The summed E-state index contributed by atoms with van der Waals surface area (Å²) in [6.45, 7) is 8.03. The van der Waals surface area contributed by atoms with Crippen LogP contribution in [0.1, 0.15) is 60.6 Å². The van der Waals surface area contributed by atoms with Gasteiger partial charge in [-0.05, 0) is 54.4 Å². The minimum atomic E-state index is -4.36. The van der Waals surface area contributed by atoms with Gasteiger partial charge in [0.05, 0.1) is 23.5 Å². The van der Waals surface area contributed by atoms with E-state index in [1.54, 1.807) is 41.5 Å². The lowest BCUT2D eigenvalue weighted by atomic mass is 9.98. The van der Waals surface area contributed by atoms with E-state index in [0.29, 0.717) is 12.8 Å². The van der Waals surface area contributed by atoms with Crippen molar-refractivity contribution >= 4 is 19.8 Å². The number of ether oxygens (including phenoxy) is 3. The van der Waals surface area contributed by atoms with Crippen LogP contribution in [-0.2, 0) is 41.9 Å². The number of nitrogens with one attached hydrogen (secondary N) is 1. The molecule has 35 heavy (non-hydrogen) atoms. The molecule has 1 fully saturated rings. The molecule has 2 unspecified atom stereocenters. The van der Waals surface area contributed by atoms with E-state index in [1.807, 2.05) is 0 Å². The SMILES string of the molecule is CC(C)(C)C(=O)OCOP(=O)(OCOC(=O)C(C)(C)C)OCC1CCC(n2ncc(=O)[nH]c2=O)O1. The lowest BCUT2D eigenvalue weighted by molar-refractivity contribution is -0.163. The second-order valence-electron chi connectivity index (χ2n) is 9.77. The van der Waals surface area contributed by atoms with E-state index in [1.165, 1.54) is 0 Å². The van der Waals surface area contributed by atoms with Crippen LogP contribution in [0.3, 0.4) is 0 Å². The molecule has 1 aliphatic heterocycles. The third kappa shape index (κ3) is 8.97. The van der Waals surface area contributed by atoms with Crippen molar-refractivity contribution in [3.05, 3.63) is 27.0 Å². The van der Waals surface area contributed by atoms with Gasteiger partial charge in [0.15, 0.2) is 6.23 Å². The third-order valence-electron chi connectivity index (χ3n) is 4.54. The minimum Gasteiger partial charge on any atom is -0.437 e. The molecule has 0 bridgehead atoms. The molecule has 15 heteroatoms. The van der Waals surface area contributed by atoms with E-state index in [2.05, 4.69) is 10.1 Å². The van der Waals surface area contributed by atoms with E-state index < -0.39 is 67.8 Å². The van der Waals surface area contributed by atoms with Crippen LogP contribution >= 0.6 is 7.82 Å². The maximum absolute atomic E-state index is 13.1. The van der Waals surface area contributed by atoms with Crippen LogP contribution in [0.15, 0.2) is 15.8 Å². The molecular formula is C20H32N3O11P. The van der Waals surface area contributed by atoms with Crippen molar-refractivity contribution in [3.8, 4) is 0 Å². The summed E-state index contributed by atoms with van der Waals surface area (Å²) in [5.41, 5.74) is -3.02. The fraction of sp³-hybridized carbons (Fsp3) is 0.750. The van der Waals surface area contributed by atoms with Crippen molar-refractivity contribution in [1.82, 2.24) is 14.8 Å². The molecule has 0 aromatic carbocycles. The number of carbonyl (C=O) groups is 2. The molecule has 2 atom stereocenters. The summed E-state index contributed by atoms with van der Waals surface area (Å²) in [5, 5.41) is 3.75. The maximum atomic E-state index is 13.1. The lowest BCUT2D eigenvalue weighted by Gasteiger charge is -2.22. The van der Waals surface area contributed by atoms with E-state index in [0.717, 1.165) is 10.9 Å². The standard InChI is InChI=1S/C20H32N3O11P/c1-19(2,3)16(25)29-11-32-35(28,33-12-30-17(26)20(4,5)6)31-10-13-7-8-15(34-13)23-18(27)22-14(24)9-21-23/h9,13,15H,7-8,10-12H2,1-6H3,(H,22,24,27). The van der Waals surface area contributed by atoms with Crippen molar-refractivity contribution in [1.29, 1.82) is 0 Å². The van der Waals surface area contributed by atoms with E-state index in [9.17, 15) is 23.7 Å². The van der Waals surface area contributed by atoms with Crippen LogP contribution in [0.25, 0.3) is 0 Å². The Bertz CT molecular complexity index is 1020. The van der Waals surface area contributed by atoms with Crippen LogP contribution in [0.5, 0.6) is 0 Å². The zero-order chi connectivity index (χ0) is 26.4. The first-order valence-electron chi connectivity index (χ1n) is 10.8. The maximum Gasteiger partial charge on any atom is 0.480 e. The highest BCUT2D eigenvalue weighted by Crippen LogP contribution is 2.50. The van der Waals surface area contributed by atoms with Crippen LogP contribution in [-0.4, -0.2) is 53.0 Å². The lowest BCUT2D eigenvalue weighted by Crippen LogP contribution is -2.34. The monoisotopic (exact) mass is 521 g/mol. The highest BCUT2D eigenvalue weighted by Gasteiger charge is 2.35. The summed E-state index contributed by atoms with van der Waals surface area (Å²) in [4.78, 5) is 49.0. The highest BCUT2D eigenvalue weighted by atomic mass is 31.2. The van der Waals surface area contributed by atoms with Gasteiger partial charge < -0.3 is 14.2 Å². The Morgan fingerprint density at radius 1 is 1.03 bits per heavy atom. The zero-order valence-corrected chi connectivity index (χ0v) is 21.5. The number of hydrogen-bond donors (Lipinski definition) is 1. The van der Waals surface area contributed by atoms with Gasteiger partial charge in [0, 0.05) is 0 Å². The smallest absolute Gasteiger partial charge is 0.437 e. The third-order valence-corrected chi connectivity index (χ3v) is 5.85. The molecule has 0 radical (unpaired) electrons. The average Bonchev–Trinajstić information content (AvgIpc) is 3.19. The molecule has 1 aromatic rings. The Morgan fingerprint density at radius 3 is 2.06 bits per heavy atom. The molecule has 1 saturated heterocycles. The number of phosphoric ester groups is 1. The summed E-state index contributed by atoms with van der Waals surface area (Å²) in [6.07, 6.45) is 0.314. The first-order valence-corrected chi connectivity index (χ1v) is 12.3. The van der Waals surface area contributed by atoms with Gasteiger partial charge in [-0.3, -0.25) is 23.9 Å². The molecule has 2 heterocycles. The number of hydrogen-bond acceptors (Lipinski definition) is 12. The molecule has 0 saturated carbocycles. The molecule has 198 valence electrons. The number of aromatic amines is 1. The number of H-pyrrole nitrogens is 1. The first kappa shape index (κ1) is 28.9. The molecule has 0 spiro atoms. The second-order valence-corrected chi connectivity index (χ2v) is 11.4. The van der Waals surface area contributed by atoms with Crippen LogP contribution in [0.4, 0.5) is 0 Å². The van der Waals surface area contributed by atoms with Crippen LogP contribution < -0.4 is 11.2 Å². The zero-order valence-electron chi connectivity index (χ0n) is 20.6. The summed E-state index contributed by atoms with van der Waals surface area (Å²) in [6, 6.07) is 0. The number of esters is 2. The van der Waals surface area contributed by atoms with Gasteiger partial charge in [0.2, 0.25) is 13.6 Å². The second kappa shape index (κ2) is 11.6. The number of carbonyl (C=O) groups excluding carboxylic acids is 2. The van der Waals surface area contributed by atoms with Gasteiger partial charge >= 0.3 is 25.5 Å². The number of phosphoric acid groups is 1. The Kier molecular flexibility index (Phi) is 9.54. The molecule has 1 aromatic heterocycles. The quantitative estimate of drug-likeness (QED) is 0.269. The van der Waals surface area contributed by atoms with Crippen molar-refractivity contribution in [3.63, 3.8) is 0 Å². The highest BCUT2D eigenvalue weighted by molar-refractivity contribution is 7.48. The first-order chi connectivity index (χ1) is 16.1. The van der Waals surface area contributed by atoms with Crippen LogP contribution in [0.2, 0.25) is 0 Å². The molecule has 0 amide bonds. The molecular weight excluding hydrogens is 489 g/mol. The largest absolute Gasteiger partial charge is 0.480 e. The summed E-state index contributed by atoms with van der Waals surface area (Å²) < 4.78 is 45.1. The topological polar surface area (TPSA) is 174 Å². The number of rotatable bonds is 10. The van der Waals surface area contributed by atoms with E-state index in [4.69, 9.17) is 27.8 Å². The number of aromatic nitrogens is 3. The Labute approximate surface area is 201 Å². The van der Waals surface area contributed by atoms with Gasteiger partial charge in [0.1, 0.15) is 6.20 Å². The number of nitrogens with zero attached hydrogens (tertiary/aromatic N) is 2. The molecule has 1 aliphatic rings. The molecule has 0 aliphatic carbocycles. The normalized spacial score (nSPS) is 18.9. The van der Waals surface area contributed by atoms with Gasteiger partial charge in [-0.15, -0.1) is 0 Å². The van der Waals surface area contributed by atoms with Crippen molar-refractivity contribution < 1.29 is 41.9 Å². The van der Waals surface area contributed by atoms with Crippen LogP contribution in [0, 0.1) is 10.8 Å². The molecule has 2 rings (SSSR count).